The highest BCUT2D eigenvalue weighted by molar-refractivity contribution is 7.99. The molecular formula is C10H13NO2S. The summed E-state index contributed by atoms with van der Waals surface area (Å²) in [6.45, 7) is 2.26. The number of ether oxygens (including phenoxy) is 1. The first-order valence-electron chi connectivity index (χ1n) is 4.45. The van der Waals surface area contributed by atoms with Crippen LogP contribution < -0.4 is 0 Å². The van der Waals surface area contributed by atoms with E-state index in [1.54, 1.807) is 24.2 Å². The van der Waals surface area contributed by atoms with E-state index in [4.69, 9.17) is 4.74 Å². The number of nitrogens with zero attached hydrogens (tertiary/aromatic N) is 1. The highest BCUT2D eigenvalue weighted by Crippen LogP contribution is 2.10. The Bertz CT molecular complexity index is 277. The Labute approximate surface area is 87.9 Å². The highest BCUT2D eigenvalue weighted by atomic mass is 32.2. The van der Waals surface area contributed by atoms with Crippen molar-refractivity contribution in [1.29, 1.82) is 0 Å². The average Bonchev–Trinajstić information content (AvgIpc) is 2.20. The fourth-order valence-corrected chi connectivity index (χ4v) is 1.71. The van der Waals surface area contributed by atoms with Crippen LogP contribution >= 0.6 is 11.8 Å². The lowest BCUT2D eigenvalue weighted by Gasteiger charge is -2.01. The van der Waals surface area contributed by atoms with Crippen molar-refractivity contribution in [3.05, 3.63) is 30.1 Å². The molecule has 1 rings (SSSR count). The normalized spacial score (nSPS) is 9.79. The molecule has 0 aliphatic rings. The van der Waals surface area contributed by atoms with Crippen molar-refractivity contribution < 1.29 is 9.53 Å². The Balaban J connectivity index is 2.19. The van der Waals surface area contributed by atoms with Gasteiger partial charge in [0.05, 0.1) is 12.4 Å². The van der Waals surface area contributed by atoms with Gasteiger partial charge in [0.2, 0.25) is 0 Å². The molecule has 0 aliphatic carbocycles. The SMILES string of the molecule is CCOC(=O)CSCc1ccncc1. The van der Waals surface area contributed by atoms with Gasteiger partial charge in [-0.2, -0.15) is 0 Å². The van der Waals surface area contributed by atoms with Gasteiger partial charge in [-0.25, -0.2) is 0 Å². The molecule has 14 heavy (non-hydrogen) atoms. The number of aromatic nitrogens is 1. The molecule has 1 aromatic heterocycles. The molecule has 1 aromatic rings. The molecule has 76 valence electrons. The lowest BCUT2D eigenvalue weighted by Crippen LogP contribution is -2.06. The van der Waals surface area contributed by atoms with Crippen LogP contribution in [-0.4, -0.2) is 23.3 Å². The lowest BCUT2D eigenvalue weighted by atomic mass is 10.3. The van der Waals surface area contributed by atoms with E-state index in [1.165, 1.54) is 5.56 Å². The molecule has 0 aromatic carbocycles. The molecule has 0 aliphatic heterocycles. The summed E-state index contributed by atoms with van der Waals surface area (Å²) < 4.78 is 4.81. The van der Waals surface area contributed by atoms with E-state index in [1.807, 2.05) is 19.1 Å². The third-order valence-electron chi connectivity index (χ3n) is 1.54. The number of thioether (sulfide) groups is 1. The van der Waals surface area contributed by atoms with Crippen LogP contribution in [0, 0.1) is 0 Å². The Kier molecular flexibility index (Phi) is 5.07. The number of esters is 1. The van der Waals surface area contributed by atoms with E-state index >= 15 is 0 Å². The molecule has 0 atom stereocenters. The topological polar surface area (TPSA) is 39.2 Å². The molecule has 0 amide bonds. The van der Waals surface area contributed by atoms with Crippen LogP contribution in [0.4, 0.5) is 0 Å². The minimum absolute atomic E-state index is 0.147. The summed E-state index contributed by atoms with van der Waals surface area (Å²) in [6.07, 6.45) is 3.50. The van der Waals surface area contributed by atoms with E-state index in [0.29, 0.717) is 12.4 Å². The van der Waals surface area contributed by atoms with Gasteiger partial charge in [0.1, 0.15) is 0 Å². The molecule has 0 saturated heterocycles. The Morgan fingerprint density at radius 1 is 1.50 bits per heavy atom. The van der Waals surface area contributed by atoms with Gasteiger partial charge in [0.15, 0.2) is 0 Å². The van der Waals surface area contributed by atoms with Gasteiger partial charge in [-0.3, -0.25) is 9.78 Å². The second-order valence-corrected chi connectivity index (χ2v) is 3.64. The maximum atomic E-state index is 11.0. The monoisotopic (exact) mass is 211 g/mol. The Morgan fingerprint density at radius 2 is 2.21 bits per heavy atom. The van der Waals surface area contributed by atoms with Gasteiger partial charge in [0, 0.05) is 18.1 Å². The minimum Gasteiger partial charge on any atom is -0.465 e. The molecule has 3 nitrogen and oxygen atoms in total. The molecule has 0 saturated carbocycles. The average molecular weight is 211 g/mol. The molecule has 0 unspecified atom stereocenters. The summed E-state index contributed by atoms with van der Waals surface area (Å²) >= 11 is 1.55. The number of hydrogen-bond acceptors (Lipinski definition) is 4. The van der Waals surface area contributed by atoms with E-state index < -0.39 is 0 Å². The summed E-state index contributed by atoms with van der Waals surface area (Å²) in [6, 6.07) is 3.89. The molecule has 0 spiro atoms. The predicted octanol–water partition coefficient (Wildman–Crippen LogP) is 1.88. The third kappa shape index (κ3) is 4.28. The van der Waals surface area contributed by atoms with Crippen molar-refractivity contribution in [2.75, 3.05) is 12.4 Å². The molecular weight excluding hydrogens is 198 g/mol. The summed E-state index contributed by atoms with van der Waals surface area (Å²) in [7, 11) is 0. The maximum Gasteiger partial charge on any atom is 0.315 e. The Morgan fingerprint density at radius 3 is 2.86 bits per heavy atom. The van der Waals surface area contributed by atoms with Crippen LogP contribution in [0.3, 0.4) is 0 Å². The quantitative estimate of drug-likeness (QED) is 0.697. The van der Waals surface area contributed by atoms with Crippen molar-refractivity contribution in [3.63, 3.8) is 0 Å². The van der Waals surface area contributed by atoms with E-state index in [2.05, 4.69) is 4.98 Å². The van der Waals surface area contributed by atoms with Crippen molar-refractivity contribution >= 4 is 17.7 Å². The third-order valence-corrected chi connectivity index (χ3v) is 2.52. The van der Waals surface area contributed by atoms with Gasteiger partial charge in [-0.15, -0.1) is 11.8 Å². The molecule has 0 fully saturated rings. The van der Waals surface area contributed by atoms with Crippen LogP contribution in [0.5, 0.6) is 0 Å². The second kappa shape index (κ2) is 6.43. The second-order valence-electron chi connectivity index (χ2n) is 2.65. The summed E-state index contributed by atoms with van der Waals surface area (Å²) in [5.74, 6) is 1.09. The van der Waals surface area contributed by atoms with Crippen molar-refractivity contribution in [3.8, 4) is 0 Å². The van der Waals surface area contributed by atoms with Crippen LogP contribution in [0.1, 0.15) is 12.5 Å². The molecule has 4 heteroatoms. The van der Waals surface area contributed by atoms with E-state index in [9.17, 15) is 4.79 Å². The van der Waals surface area contributed by atoms with Gasteiger partial charge < -0.3 is 4.74 Å². The summed E-state index contributed by atoms with van der Waals surface area (Å²) in [5.41, 5.74) is 1.18. The summed E-state index contributed by atoms with van der Waals surface area (Å²) in [5, 5.41) is 0. The lowest BCUT2D eigenvalue weighted by molar-refractivity contribution is -0.139. The Hall–Kier alpha value is -1.03. The first-order chi connectivity index (χ1) is 6.83. The minimum atomic E-state index is -0.147. The van der Waals surface area contributed by atoms with Crippen LogP contribution in [0.2, 0.25) is 0 Å². The number of pyridine rings is 1. The van der Waals surface area contributed by atoms with Crippen LogP contribution in [-0.2, 0) is 15.3 Å². The molecule has 0 bridgehead atoms. The largest absolute Gasteiger partial charge is 0.465 e. The number of rotatable bonds is 5. The van der Waals surface area contributed by atoms with Crippen molar-refractivity contribution in [2.45, 2.75) is 12.7 Å². The van der Waals surface area contributed by atoms with Crippen LogP contribution in [0.25, 0.3) is 0 Å². The number of hydrogen-bond donors (Lipinski definition) is 0. The first-order valence-corrected chi connectivity index (χ1v) is 5.60. The smallest absolute Gasteiger partial charge is 0.315 e. The van der Waals surface area contributed by atoms with Gasteiger partial charge in [0.25, 0.3) is 0 Å². The first kappa shape index (κ1) is 11.0. The zero-order valence-electron chi connectivity index (χ0n) is 8.10. The number of carbonyl (C=O) groups is 1. The molecule has 0 N–H and O–H groups in total. The summed E-state index contributed by atoms with van der Waals surface area (Å²) in [4.78, 5) is 14.9. The maximum absolute atomic E-state index is 11.0. The number of carbonyl (C=O) groups excluding carboxylic acids is 1. The fourth-order valence-electron chi connectivity index (χ4n) is 0.934. The van der Waals surface area contributed by atoms with Gasteiger partial charge in [-0.1, -0.05) is 0 Å². The van der Waals surface area contributed by atoms with E-state index in [-0.39, 0.29) is 5.97 Å². The highest BCUT2D eigenvalue weighted by Gasteiger charge is 2.01. The van der Waals surface area contributed by atoms with Crippen molar-refractivity contribution in [1.82, 2.24) is 4.98 Å². The molecule has 1 heterocycles. The standard InChI is InChI=1S/C10H13NO2S/c1-2-13-10(12)8-14-7-9-3-5-11-6-4-9/h3-6H,2,7-8H2,1H3. The zero-order chi connectivity index (χ0) is 10.2. The van der Waals surface area contributed by atoms with Gasteiger partial charge in [-0.05, 0) is 24.6 Å². The molecule has 0 radical (unpaired) electrons. The fraction of sp³-hybridized carbons (Fsp3) is 0.400. The zero-order valence-corrected chi connectivity index (χ0v) is 8.92. The van der Waals surface area contributed by atoms with Crippen molar-refractivity contribution in [2.24, 2.45) is 0 Å². The van der Waals surface area contributed by atoms with Gasteiger partial charge >= 0.3 is 5.97 Å². The van der Waals surface area contributed by atoms with Crippen LogP contribution in [0.15, 0.2) is 24.5 Å². The van der Waals surface area contributed by atoms with E-state index in [0.717, 1.165) is 5.75 Å². The predicted molar refractivity (Wildman–Crippen MR) is 57.0 cm³/mol.